The predicted octanol–water partition coefficient (Wildman–Crippen LogP) is 2.22. The highest BCUT2D eigenvalue weighted by Crippen LogP contribution is 2.29. The summed E-state index contributed by atoms with van der Waals surface area (Å²) in [5.74, 6) is 0.108. The van der Waals surface area contributed by atoms with Gasteiger partial charge in [-0.25, -0.2) is 0 Å². The minimum atomic E-state index is 0.104. The second-order valence-electron chi connectivity index (χ2n) is 5.07. The average Bonchev–Trinajstić information content (AvgIpc) is 2.69. The predicted molar refractivity (Wildman–Crippen MR) is 81.0 cm³/mol. The van der Waals surface area contributed by atoms with Crippen LogP contribution in [0.5, 0.6) is 0 Å². The third-order valence-electron chi connectivity index (χ3n) is 3.09. The van der Waals surface area contributed by atoms with Crippen molar-refractivity contribution < 1.29 is 9.53 Å². The number of rotatable bonds is 3. The third kappa shape index (κ3) is 3.56. The molecule has 0 unspecified atom stereocenters. The van der Waals surface area contributed by atoms with Crippen LogP contribution in [-0.2, 0) is 4.74 Å². The van der Waals surface area contributed by atoms with Crippen LogP contribution in [0.2, 0.25) is 0 Å². The van der Waals surface area contributed by atoms with Gasteiger partial charge in [-0.15, -0.1) is 11.3 Å². The molecular weight excluding hydrogens is 328 g/mol. The van der Waals surface area contributed by atoms with Gasteiger partial charge in [-0.05, 0) is 47.9 Å². The van der Waals surface area contributed by atoms with Crippen molar-refractivity contribution in [1.82, 2.24) is 9.80 Å². The van der Waals surface area contributed by atoms with E-state index < -0.39 is 0 Å². The first-order chi connectivity index (χ1) is 8.99. The van der Waals surface area contributed by atoms with Crippen LogP contribution in [0.25, 0.3) is 0 Å². The molecule has 106 valence electrons. The number of hydrogen-bond donors (Lipinski definition) is 0. The van der Waals surface area contributed by atoms with E-state index in [9.17, 15) is 4.79 Å². The number of likely N-dealkylation sites (N-methyl/N-ethyl adjacent to an activating group) is 1. The summed E-state index contributed by atoms with van der Waals surface area (Å²) in [6.07, 6.45) is 0.104. The zero-order valence-electron chi connectivity index (χ0n) is 11.5. The molecule has 4 nitrogen and oxygen atoms in total. The van der Waals surface area contributed by atoms with E-state index in [0.717, 1.165) is 21.5 Å². The summed E-state index contributed by atoms with van der Waals surface area (Å²) in [7, 11) is 4.03. The minimum Gasteiger partial charge on any atom is -0.373 e. The van der Waals surface area contributed by atoms with Gasteiger partial charge in [-0.2, -0.15) is 0 Å². The van der Waals surface area contributed by atoms with E-state index in [1.807, 2.05) is 31.3 Å². The molecule has 6 heteroatoms. The van der Waals surface area contributed by atoms with Gasteiger partial charge >= 0.3 is 0 Å². The second kappa shape index (κ2) is 6.35. The molecule has 2 heterocycles. The van der Waals surface area contributed by atoms with Gasteiger partial charge in [0.15, 0.2) is 0 Å². The summed E-state index contributed by atoms with van der Waals surface area (Å²) < 4.78 is 6.63. The fraction of sp³-hybridized carbons (Fsp3) is 0.615. The van der Waals surface area contributed by atoms with Crippen LogP contribution in [0.3, 0.4) is 0 Å². The normalized spacial score (nSPS) is 20.1. The van der Waals surface area contributed by atoms with Crippen LogP contribution in [0.4, 0.5) is 0 Å². The summed E-state index contributed by atoms with van der Waals surface area (Å²) >= 11 is 5.00. The molecule has 1 saturated heterocycles. The summed E-state index contributed by atoms with van der Waals surface area (Å²) in [5, 5.41) is 2.01. The monoisotopic (exact) mass is 346 g/mol. The van der Waals surface area contributed by atoms with Gasteiger partial charge in [0.05, 0.1) is 12.7 Å². The first kappa shape index (κ1) is 15.0. The minimum absolute atomic E-state index is 0.104. The molecule has 0 aliphatic carbocycles. The van der Waals surface area contributed by atoms with Crippen molar-refractivity contribution in [3.05, 3.63) is 20.3 Å². The van der Waals surface area contributed by atoms with Crippen LogP contribution >= 0.6 is 27.3 Å². The molecule has 0 saturated carbocycles. The summed E-state index contributed by atoms with van der Waals surface area (Å²) in [4.78, 5) is 17.3. The largest absolute Gasteiger partial charge is 0.373 e. The van der Waals surface area contributed by atoms with Gasteiger partial charge in [0, 0.05) is 24.1 Å². The molecule has 0 bridgehead atoms. The lowest BCUT2D eigenvalue weighted by Crippen LogP contribution is -2.48. The van der Waals surface area contributed by atoms with Crippen LogP contribution in [0, 0.1) is 6.92 Å². The number of hydrogen-bond acceptors (Lipinski definition) is 4. The number of aryl methyl sites for hydroxylation is 1. The van der Waals surface area contributed by atoms with Gasteiger partial charge in [-0.3, -0.25) is 4.79 Å². The lowest BCUT2D eigenvalue weighted by molar-refractivity contribution is -0.0305. The molecule has 0 radical (unpaired) electrons. The molecule has 1 fully saturated rings. The first-order valence-corrected chi connectivity index (χ1v) is 7.95. The van der Waals surface area contributed by atoms with Crippen LogP contribution < -0.4 is 0 Å². The standard InChI is InChI=1S/C13H19BrN2O2S/c1-9-8-19-12(11(9)14)13(17)16-4-5-18-10(7-16)6-15(2)3/h8,10H,4-7H2,1-3H3/t10-/m1/s1. The molecule has 1 aliphatic heterocycles. The number of nitrogens with zero attached hydrogens (tertiary/aromatic N) is 2. The zero-order chi connectivity index (χ0) is 14.0. The van der Waals surface area contributed by atoms with E-state index in [1.54, 1.807) is 0 Å². The van der Waals surface area contributed by atoms with Crippen molar-refractivity contribution in [2.45, 2.75) is 13.0 Å². The Morgan fingerprint density at radius 3 is 2.95 bits per heavy atom. The van der Waals surface area contributed by atoms with Crippen molar-refractivity contribution in [2.75, 3.05) is 40.3 Å². The lowest BCUT2D eigenvalue weighted by Gasteiger charge is -2.34. The van der Waals surface area contributed by atoms with Crippen LogP contribution in [-0.4, -0.2) is 62.1 Å². The van der Waals surface area contributed by atoms with Gasteiger partial charge in [-0.1, -0.05) is 0 Å². The Hall–Kier alpha value is -0.430. The van der Waals surface area contributed by atoms with Gasteiger partial charge in [0.1, 0.15) is 4.88 Å². The fourth-order valence-corrected chi connectivity index (χ4v) is 3.76. The topological polar surface area (TPSA) is 32.8 Å². The summed E-state index contributed by atoms with van der Waals surface area (Å²) in [5.41, 5.74) is 1.12. The second-order valence-corrected chi connectivity index (χ2v) is 6.74. The Morgan fingerprint density at radius 2 is 2.37 bits per heavy atom. The number of amides is 1. The Kier molecular flexibility index (Phi) is 5.00. The highest BCUT2D eigenvalue weighted by molar-refractivity contribution is 9.10. The van der Waals surface area contributed by atoms with Gasteiger partial charge < -0.3 is 14.5 Å². The third-order valence-corrected chi connectivity index (χ3v) is 5.46. The molecule has 19 heavy (non-hydrogen) atoms. The molecule has 2 rings (SSSR count). The Morgan fingerprint density at radius 1 is 1.63 bits per heavy atom. The average molecular weight is 347 g/mol. The zero-order valence-corrected chi connectivity index (χ0v) is 13.9. The number of morpholine rings is 1. The van der Waals surface area contributed by atoms with E-state index >= 15 is 0 Å². The highest BCUT2D eigenvalue weighted by Gasteiger charge is 2.27. The van der Waals surface area contributed by atoms with Gasteiger partial charge in [0.25, 0.3) is 5.91 Å². The van der Waals surface area contributed by atoms with E-state index in [0.29, 0.717) is 19.7 Å². The van der Waals surface area contributed by atoms with E-state index in [4.69, 9.17) is 4.74 Å². The van der Waals surface area contributed by atoms with Crippen LogP contribution in [0.1, 0.15) is 15.2 Å². The maximum absolute atomic E-state index is 12.5. The molecule has 1 aliphatic rings. The fourth-order valence-electron chi connectivity index (χ4n) is 2.14. The molecule has 1 aromatic rings. The van der Waals surface area contributed by atoms with Gasteiger partial charge in [0.2, 0.25) is 0 Å². The van der Waals surface area contributed by atoms with Crippen molar-refractivity contribution in [2.24, 2.45) is 0 Å². The van der Waals surface area contributed by atoms with Crippen molar-refractivity contribution >= 4 is 33.2 Å². The maximum Gasteiger partial charge on any atom is 0.265 e. The smallest absolute Gasteiger partial charge is 0.265 e. The summed E-state index contributed by atoms with van der Waals surface area (Å²) in [6.45, 7) is 4.80. The molecule has 0 aromatic carbocycles. The molecule has 1 atom stereocenters. The number of thiophene rings is 1. The summed E-state index contributed by atoms with van der Waals surface area (Å²) in [6, 6.07) is 0. The number of halogens is 1. The number of carbonyl (C=O) groups excluding carboxylic acids is 1. The molecule has 0 N–H and O–H groups in total. The molecule has 0 spiro atoms. The van der Waals surface area contributed by atoms with E-state index in [2.05, 4.69) is 20.8 Å². The van der Waals surface area contributed by atoms with Crippen molar-refractivity contribution in [3.63, 3.8) is 0 Å². The number of ether oxygens (including phenoxy) is 1. The highest BCUT2D eigenvalue weighted by atomic mass is 79.9. The molecule has 1 aromatic heterocycles. The Balaban J connectivity index is 2.05. The first-order valence-electron chi connectivity index (χ1n) is 6.28. The Bertz CT molecular complexity index is 461. The van der Waals surface area contributed by atoms with Crippen molar-refractivity contribution in [3.8, 4) is 0 Å². The number of carbonyl (C=O) groups is 1. The molecular formula is C13H19BrN2O2S. The van der Waals surface area contributed by atoms with E-state index in [1.165, 1.54) is 11.3 Å². The molecule has 1 amide bonds. The quantitative estimate of drug-likeness (QED) is 0.841. The lowest BCUT2D eigenvalue weighted by atomic mass is 10.2. The van der Waals surface area contributed by atoms with Crippen molar-refractivity contribution in [1.29, 1.82) is 0 Å². The SMILES string of the molecule is Cc1csc(C(=O)N2CCO[C@H](CN(C)C)C2)c1Br. The van der Waals surface area contributed by atoms with E-state index in [-0.39, 0.29) is 12.0 Å². The van der Waals surface area contributed by atoms with Crippen LogP contribution in [0.15, 0.2) is 9.85 Å². The maximum atomic E-state index is 12.5. The Labute approximate surface area is 126 Å².